The lowest BCUT2D eigenvalue weighted by molar-refractivity contribution is -0.149. The Morgan fingerprint density at radius 2 is 1.68 bits per heavy atom. The Bertz CT molecular complexity index is 599. The maximum atomic E-state index is 12.9. The van der Waals surface area contributed by atoms with E-state index < -0.39 is 0 Å². The van der Waals surface area contributed by atoms with Gasteiger partial charge in [0.2, 0.25) is 0 Å². The Hall–Kier alpha value is -0.370. The number of ketones is 1. The number of carbonyl (C=O) groups is 1. The minimum atomic E-state index is -0.0411. The number of hydrogen-bond donors (Lipinski definition) is 1. The van der Waals surface area contributed by atoms with Crippen molar-refractivity contribution in [2.45, 2.75) is 78.7 Å². The Morgan fingerprint density at radius 1 is 0.920 bits per heavy atom. The quantitative estimate of drug-likeness (QED) is 0.692. The third-order valence-corrected chi connectivity index (χ3v) is 9.93. The molecule has 0 aromatic heterocycles. The molecule has 11 atom stereocenters. The summed E-state index contributed by atoms with van der Waals surface area (Å²) in [6, 6.07) is 0. The van der Waals surface area contributed by atoms with Crippen LogP contribution >= 0.6 is 0 Å². The normalized spacial score (nSPS) is 63.1. The van der Waals surface area contributed by atoms with Crippen LogP contribution in [0, 0.1) is 58.2 Å². The zero-order chi connectivity index (χ0) is 17.7. The molecule has 0 saturated heterocycles. The van der Waals surface area contributed by atoms with Crippen LogP contribution in [0.2, 0.25) is 0 Å². The van der Waals surface area contributed by atoms with Gasteiger partial charge in [0.25, 0.3) is 0 Å². The van der Waals surface area contributed by atoms with E-state index in [1.165, 1.54) is 25.7 Å². The van der Waals surface area contributed by atoms with Gasteiger partial charge in [-0.15, -0.1) is 0 Å². The van der Waals surface area contributed by atoms with Gasteiger partial charge in [-0.25, -0.2) is 0 Å². The smallest absolute Gasteiger partial charge is 0.142 e. The van der Waals surface area contributed by atoms with Gasteiger partial charge in [0, 0.05) is 11.3 Å². The van der Waals surface area contributed by atoms with Gasteiger partial charge in [-0.05, 0) is 91.8 Å². The molecule has 0 aromatic carbocycles. The van der Waals surface area contributed by atoms with E-state index in [2.05, 4.69) is 13.8 Å². The zero-order valence-electron chi connectivity index (χ0n) is 16.5. The molecule has 6 fully saturated rings. The second-order valence-corrected chi connectivity index (χ2v) is 10.6. The first-order chi connectivity index (χ1) is 11.9. The number of hydrogen-bond acceptors (Lipinski definition) is 2. The third kappa shape index (κ3) is 1.93. The van der Waals surface area contributed by atoms with Crippen molar-refractivity contribution >= 4 is 5.78 Å². The summed E-state index contributed by atoms with van der Waals surface area (Å²) in [5.74, 6) is 6.83. The largest absolute Gasteiger partial charge is 0.393 e. The lowest BCUT2D eigenvalue weighted by atomic mass is 9.44. The fourth-order valence-electron chi connectivity index (χ4n) is 8.81. The first-order valence-corrected chi connectivity index (χ1v) is 11.2. The van der Waals surface area contributed by atoms with Crippen molar-refractivity contribution in [2.75, 3.05) is 0 Å². The van der Waals surface area contributed by atoms with Crippen LogP contribution in [-0.4, -0.2) is 17.0 Å². The number of fused-ring (bicyclic) bond motifs is 10. The van der Waals surface area contributed by atoms with Gasteiger partial charge in [-0.2, -0.15) is 0 Å². The molecule has 0 heterocycles. The van der Waals surface area contributed by atoms with Crippen molar-refractivity contribution in [3.05, 3.63) is 0 Å². The number of aliphatic hydroxyl groups is 1. The van der Waals surface area contributed by atoms with E-state index >= 15 is 0 Å². The van der Waals surface area contributed by atoms with Gasteiger partial charge < -0.3 is 5.11 Å². The molecule has 2 nitrogen and oxygen atoms in total. The number of carbonyl (C=O) groups excluding carboxylic acids is 1. The van der Waals surface area contributed by atoms with Crippen LogP contribution in [0.1, 0.15) is 72.6 Å². The van der Waals surface area contributed by atoms with Crippen molar-refractivity contribution in [1.29, 1.82) is 0 Å². The van der Waals surface area contributed by atoms with E-state index in [0.29, 0.717) is 17.1 Å². The highest BCUT2D eigenvalue weighted by atomic mass is 16.3. The van der Waals surface area contributed by atoms with Gasteiger partial charge in [0.05, 0.1) is 6.10 Å². The van der Waals surface area contributed by atoms with E-state index in [1.807, 2.05) is 13.8 Å². The van der Waals surface area contributed by atoms with Crippen LogP contribution in [-0.2, 0) is 4.79 Å². The Kier molecular flexibility index (Phi) is 3.43. The molecule has 6 rings (SSSR count). The minimum Gasteiger partial charge on any atom is -0.393 e. The summed E-state index contributed by atoms with van der Waals surface area (Å²) in [5, 5.41) is 10.2. The summed E-state index contributed by atoms with van der Waals surface area (Å²) in [6.07, 6.45) is 8.34. The maximum Gasteiger partial charge on any atom is 0.142 e. The summed E-state index contributed by atoms with van der Waals surface area (Å²) < 4.78 is 0. The third-order valence-electron chi connectivity index (χ3n) is 9.93. The van der Waals surface area contributed by atoms with Crippen molar-refractivity contribution in [2.24, 2.45) is 58.2 Å². The monoisotopic (exact) mass is 344 g/mol. The Morgan fingerprint density at radius 3 is 2.44 bits per heavy atom. The number of rotatable bonds is 0. The molecular formula is C23H36O2. The predicted octanol–water partition coefficient (Wildman–Crippen LogP) is 4.70. The molecule has 6 aliphatic carbocycles. The van der Waals surface area contributed by atoms with Gasteiger partial charge in [0.1, 0.15) is 5.78 Å². The highest BCUT2D eigenvalue weighted by molar-refractivity contribution is 5.92. The average molecular weight is 345 g/mol. The lowest BCUT2D eigenvalue weighted by Crippen LogP contribution is -2.56. The molecule has 140 valence electrons. The molecular weight excluding hydrogens is 308 g/mol. The molecule has 11 unspecified atom stereocenters. The van der Waals surface area contributed by atoms with Crippen molar-refractivity contribution in [3.8, 4) is 0 Å². The molecule has 0 radical (unpaired) electrons. The molecule has 6 aliphatic rings. The molecule has 0 spiro atoms. The standard InChI is InChI=1S/C21H30O2.C2H6/c1-20-5-3-10(22)7-16(20)11-8-12(11)17-15(20)4-6-21(2)18(17)13-9-14(13)19(21)23;1-2/h10-18,22H,3-9H2,1-2H3;1-2H3. The Labute approximate surface area is 153 Å². The van der Waals surface area contributed by atoms with E-state index in [-0.39, 0.29) is 11.5 Å². The highest BCUT2D eigenvalue weighted by Crippen LogP contribution is 2.78. The molecule has 0 aliphatic heterocycles. The molecule has 6 saturated carbocycles. The number of aliphatic hydroxyl groups excluding tert-OH is 1. The van der Waals surface area contributed by atoms with Crippen molar-refractivity contribution in [3.63, 3.8) is 0 Å². The van der Waals surface area contributed by atoms with Crippen molar-refractivity contribution < 1.29 is 9.90 Å². The molecule has 25 heavy (non-hydrogen) atoms. The first-order valence-electron chi connectivity index (χ1n) is 11.2. The van der Waals surface area contributed by atoms with Gasteiger partial charge >= 0.3 is 0 Å². The SMILES string of the molecule is CC.CC12CCC3C(C4CC4C4CC(O)CCC43C)C1C1CC1C2=O. The second kappa shape index (κ2) is 5.12. The predicted molar refractivity (Wildman–Crippen MR) is 98.8 cm³/mol. The topological polar surface area (TPSA) is 37.3 Å². The summed E-state index contributed by atoms with van der Waals surface area (Å²) >= 11 is 0. The second-order valence-electron chi connectivity index (χ2n) is 10.6. The fourth-order valence-corrected chi connectivity index (χ4v) is 8.81. The number of Topliss-reactive ketones (excluding diaryl/α,β-unsaturated/α-hetero) is 1. The van der Waals surface area contributed by atoms with Crippen LogP contribution in [0.3, 0.4) is 0 Å². The van der Waals surface area contributed by atoms with E-state index in [4.69, 9.17) is 0 Å². The summed E-state index contributed by atoms with van der Waals surface area (Å²) in [7, 11) is 0. The summed E-state index contributed by atoms with van der Waals surface area (Å²) in [6.45, 7) is 8.90. The zero-order valence-corrected chi connectivity index (χ0v) is 16.5. The van der Waals surface area contributed by atoms with E-state index in [1.54, 1.807) is 0 Å². The lowest BCUT2D eigenvalue weighted by Gasteiger charge is -2.60. The molecule has 2 heteroatoms. The molecule has 0 aromatic rings. The van der Waals surface area contributed by atoms with Crippen molar-refractivity contribution in [1.82, 2.24) is 0 Å². The van der Waals surface area contributed by atoms with Crippen LogP contribution in [0.15, 0.2) is 0 Å². The molecule has 0 amide bonds. The van der Waals surface area contributed by atoms with Gasteiger partial charge in [-0.1, -0.05) is 27.7 Å². The van der Waals surface area contributed by atoms with Crippen LogP contribution in [0.5, 0.6) is 0 Å². The van der Waals surface area contributed by atoms with Crippen LogP contribution in [0.4, 0.5) is 0 Å². The molecule has 1 N–H and O–H groups in total. The van der Waals surface area contributed by atoms with Gasteiger partial charge in [-0.3, -0.25) is 4.79 Å². The van der Waals surface area contributed by atoms with E-state index in [9.17, 15) is 9.90 Å². The molecule has 0 bridgehead atoms. The van der Waals surface area contributed by atoms with E-state index in [0.717, 1.165) is 60.7 Å². The summed E-state index contributed by atoms with van der Waals surface area (Å²) in [5.41, 5.74) is 0.498. The average Bonchev–Trinajstić information content (AvgIpc) is 3.50. The first kappa shape index (κ1) is 16.8. The highest BCUT2D eigenvalue weighted by Gasteiger charge is 2.75. The minimum absolute atomic E-state index is 0.0409. The van der Waals surface area contributed by atoms with Crippen LogP contribution in [0.25, 0.3) is 0 Å². The summed E-state index contributed by atoms with van der Waals surface area (Å²) in [4.78, 5) is 12.9. The fraction of sp³-hybridized carbons (Fsp3) is 0.957. The van der Waals surface area contributed by atoms with Crippen LogP contribution < -0.4 is 0 Å². The van der Waals surface area contributed by atoms with Gasteiger partial charge in [0.15, 0.2) is 0 Å². The Balaban J connectivity index is 0.000000679. The maximum absolute atomic E-state index is 12.9.